The van der Waals surface area contributed by atoms with E-state index in [0.29, 0.717) is 22.9 Å². The first kappa shape index (κ1) is 20.9. The smallest absolute Gasteiger partial charge is 0.257 e. The van der Waals surface area contributed by atoms with E-state index in [2.05, 4.69) is 30.9 Å². The number of anilines is 4. The Balaban J connectivity index is 1.53. The van der Waals surface area contributed by atoms with E-state index >= 15 is 0 Å². The summed E-state index contributed by atoms with van der Waals surface area (Å²) in [5, 5.41) is 9.51. The van der Waals surface area contributed by atoms with Gasteiger partial charge in [-0.25, -0.2) is 9.37 Å². The molecule has 0 saturated carbocycles. The Morgan fingerprint density at radius 2 is 1.91 bits per heavy atom. The van der Waals surface area contributed by atoms with Crippen molar-refractivity contribution >= 4 is 40.0 Å². The highest BCUT2D eigenvalue weighted by Crippen LogP contribution is 2.31. The molecular weight excluding hydrogens is 415 g/mol. The fourth-order valence-electron chi connectivity index (χ4n) is 2.99. The van der Waals surface area contributed by atoms with Gasteiger partial charge in [0.2, 0.25) is 5.95 Å². The van der Waals surface area contributed by atoms with E-state index in [0.717, 1.165) is 17.1 Å². The summed E-state index contributed by atoms with van der Waals surface area (Å²) >= 11 is 0. The SMILES string of the molecule is CNC(=O)COc1cc(Nc2ncc(F)c(Nc3ccc4cc[nH]c4c3)n2)ccc1OC. The molecule has 2 aromatic heterocycles. The van der Waals surface area contributed by atoms with Crippen LogP contribution in [0.15, 0.2) is 54.9 Å². The lowest BCUT2D eigenvalue weighted by molar-refractivity contribution is -0.122. The Bertz CT molecular complexity index is 1260. The van der Waals surface area contributed by atoms with E-state index in [-0.39, 0.29) is 24.3 Å². The number of hydrogen-bond donors (Lipinski definition) is 4. The van der Waals surface area contributed by atoms with Crippen LogP contribution < -0.4 is 25.4 Å². The number of benzene rings is 2. The first-order chi connectivity index (χ1) is 15.6. The highest BCUT2D eigenvalue weighted by molar-refractivity contribution is 5.83. The molecule has 0 unspecified atom stereocenters. The maximum absolute atomic E-state index is 14.3. The summed E-state index contributed by atoms with van der Waals surface area (Å²) < 4.78 is 25.1. The van der Waals surface area contributed by atoms with Crippen molar-refractivity contribution in [1.82, 2.24) is 20.3 Å². The number of H-pyrrole nitrogens is 1. The second-order valence-corrected chi connectivity index (χ2v) is 6.75. The number of carbonyl (C=O) groups excluding carboxylic acids is 1. The van der Waals surface area contributed by atoms with Crippen LogP contribution in [-0.4, -0.2) is 41.6 Å². The van der Waals surface area contributed by atoms with Gasteiger partial charge in [0.05, 0.1) is 13.3 Å². The van der Waals surface area contributed by atoms with Crippen LogP contribution in [0.25, 0.3) is 10.9 Å². The minimum atomic E-state index is -0.591. The molecule has 0 radical (unpaired) electrons. The fourth-order valence-corrected chi connectivity index (χ4v) is 2.99. The molecule has 10 heteroatoms. The summed E-state index contributed by atoms with van der Waals surface area (Å²) in [4.78, 5) is 22.8. The molecular formula is C22H21FN6O3. The number of nitrogens with one attached hydrogen (secondary N) is 4. The minimum absolute atomic E-state index is 0.0259. The maximum Gasteiger partial charge on any atom is 0.257 e. The number of fused-ring (bicyclic) bond motifs is 1. The molecule has 32 heavy (non-hydrogen) atoms. The predicted octanol–water partition coefficient (Wildman–Crippen LogP) is 3.72. The van der Waals surface area contributed by atoms with Gasteiger partial charge in [-0.2, -0.15) is 4.98 Å². The number of amides is 1. The van der Waals surface area contributed by atoms with Gasteiger partial charge in [-0.3, -0.25) is 4.79 Å². The van der Waals surface area contributed by atoms with E-state index in [1.54, 1.807) is 18.2 Å². The third-order valence-electron chi connectivity index (χ3n) is 4.62. The fraction of sp³-hybridized carbons (Fsp3) is 0.136. The van der Waals surface area contributed by atoms with Gasteiger partial charge < -0.3 is 30.4 Å². The zero-order chi connectivity index (χ0) is 22.5. The van der Waals surface area contributed by atoms with Crippen molar-refractivity contribution < 1.29 is 18.7 Å². The first-order valence-corrected chi connectivity index (χ1v) is 9.71. The standard InChI is InChI=1S/C22H21FN6O3/c1-24-20(30)12-32-19-10-15(5-6-18(19)31-2)28-22-26-11-16(23)21(29-22)27-14-4-3-13-7-8-25-17(13)9-14/h3-11,25H,12H2,1-2H3,(H,24,30)(H2,26,27,28,29). The average Bonchev–Trinajstić information content (AvgIpc) is 3.27. The lowest BCUT2D eigenvalue weighted by Crippen LogP contribution is -2.24. The van der Waals surface area contributed by atoms with Crippen molar-refractivity contribution in [3.05, 3.63) is 60.7 Å². The van der Waals surface area contributed by atoms with Gasteiger partial charge >= 0.3 is 0 Å². The Hall–Kier alpha value is -4.34. The number of aromatic nitrogens is 3. The molecule has 9 nitrogen and oxygen atoms in total. The van der Waals surface area contributed by atoms with Crippen LogP contribution in [0.1, 0.15) is 0 Å². The van der Waals surface area contributed by atoms with Gasteiger partial charge in [-0.1, -0.05) is 6.07 Å². The number of ether oxygens (including phenoxy) is 2. The van der Waals surface area contributed by atoms with Gasteiger partial charge in [0.25, 0.3) is 5.91 Å². The van der Waals surface area contributed by atoms with Crippen molar-refractivity contribution in [2.45, 2.75) is 0 Å². The molecule has 0 spiro atoms. The molecule has 2 aromatic carbocycles. The van der Waals surface area contributed by atoms with E-state index in [1.165, 1.54) is 14.2 Å². The molecule has 0 atom stereocenters. The van der Waals surface area contributed by atoms with Crippen LogP contribution in [0.2, 0.25) is 0 Å². The summed E-state index contributed by atoms with van der Waals surface area (Å²) in [6.45, 7) is -0.164. The Kier molecular flexibility index (Phi) is 6.02. The van der Waals surface area contributed by atoms with Crippen LogP contribution >= 0.6 is 0 Å². The third kappa shape index (κ3) is 4.69. The molecule has 2 heterocycles. The number of nitrogens with zero attached hydrogens (tertiary/aromatic N) is 2. The van der Waals surface area contributed by atoms with Crippen LogP contribution in [0, 0.1) is 5.82 Å². The molecule has 0 saturated heterocycles. The molecule has 0 aliphatic rings. The quantitative estimate of drug-likeness (QED) is 0.333. The molecule has 0 fully saturated rings. The molecule has 4 rings (SSSR count). The van der Waals surface area contributed by atoms with Crippen molar-refractivity contribution in [3.63, 3.8) is 0 Å². The molecule has 1 amide bonds. The molecule has 0 bridgehead atoms. The van der Waals surface area contributed by atoms with Gasteiger partial charge in [-0.15, -0.1) is 0 Å². The predicted molar refractivity (Wildman–Crippen MR) is 119 cm³/mol. The summed E-state index contributed by atoms with van der Waals surface area (Å²) in [5.41, 5.74) is 2.17. The van der Waals surface area contributed by atoms with Gasteiger partial charge in [0.15, 0.2) is 29.7 Å². The number of carbonyl (C=O) groups is 1. The number of hydrogen-bond acceptors (Lipinski definition) is 7. The summed E-state index contributed by atoms with van der Waals surface area (Å²) in [5.74, 6) is 0.157. The minimum Gasteiger partial charge on any atom is -0.493 e. The Labute approximate surface area is 183 Å². The zero-order valence-corrected chi connectivity index (χ0v) is 17.4. The van der Waals surface area contributed by atoms with Crippen LogP contribution in [-0.2, 0) is 4.79 Å². The third-order valence-corrected chi connectivity index (χ3v) is 4.62. The van der Waals surface area contributed by atoms with Crippen molar-refractivity contribution in [1.29, 1.82) is 0 Å². The molecule has 164 valence electrons. The second-order valence-electron chi connectivity index (χ2n) is 6.75. The molecule has 0 aliphatic carbocycles. The number of likely N-dealkylation sites (N-methyl/N-ethyl adjacent to an activating group) is 1. The highest BCUT2D eigenvalue weighted by Gasteiger charge is 2.11. The van der Waals surface area contributed by atoms with E-state index in [4.69, 9.17) is 9.47 Å². The van der Waals surface area contributed by atoms with E-state index < -0.39 is 5.82 Å². The topological polar surface area (TPSA) is 113 Å². The van der Waals surface area contributed by atoms with Crippen LogP contribution in [0.4, 0.5) is 27.5 Å². The van der Waals surface area contributed by atoms with E-state index in [1.807, 2.05) is 30.5 Å². The van der Waals surface area contributed by atoms with Gasteiger partial charge in [-0.05, 0) is 35.7 Å². The van der Waals surface area contributed by atoms with Crippen LogP contribution in [0.3, 0.4) is 0 Å². The summed E-state index contributed by atoms with van der Waals surface area (Å²) in [6, 6.07) is 12.6. The second kappa shape index (κ2) is 9.21. The van der Waals surface area contributed by atoms with Crippen molar-refractivity contribution in [3.8, 4) is 11.5 Å². The van der Waals surface area contributed by atoms with Gasteiger partial charge in [0, 0.05) is 36.2 Å². The highest BCUT2D eigenvalue weighted by atomic mass is 19.1. The number of rotatable bonds is 8. The zero-order valence-electron chi connectivity index (χ0n) is 17.4. The number of methoxy groups -OCH3 is 1. The monoisotopic (exact) mass is 436 g/mol. The Morgan fingerprint density at radius 3 is 2.72 bits per heavy atom. The van der Waals surface area contributed by atoms with Crippen molar-refractivity contribution in [2.24, 2.45) is 0 Å². The molecule has 4 N–H and O–H groups in total. The van der Waals surface area contributed by atoms with Crippen LogP contribution in [0.5, 0.6) is 11.5 Å². The lowest BCUT2D eigenvalue weighted by Gasteiger charge is -2.13. The largest absolute Gasteiger partial charge is 0.493 e. The average molecular weight is 436 g/mol. The van der Waals surface area contributed by atoms with E-state index in [9.17, 15) is 9.18 Å². The first-order valence-electron chi connectivity index (χ1n) is 9.71. The number of halogens is 1. The normalized spacial score (nSPS) is 10.6. The molecule has 4 aromatic rings. The summed E-state index contributed by atoms with van der Waals surface area (Å²) in [6.07, 6.45) is 2.92. The van der Waals surface area contributed by atoms with Gasteiger partial charge in [0.1, 0.15) is 0 Å². The molecule has 0 aliphatic heterocycles. The van der Waals surface area contributed by atoms with Crippen molar-refractivity contribution in [2.75, 3.05) is 31.4 Å². The summed E-state index contributed by atoms with van der Waals surface area (Å²) in [7, 11) is 3.02. The maximum atomic E-state index is 14.3. The lowest BCUT2D eigenvalue weighted by atomic mass is 10.2. The number of aromatic amines is 1. The Morgan fingerprint density at radius 1 is 1.09 bits per heavy atom.